The quantitative estimate of drug-likeness (QED) is 0.711. The summed E-state index contributed by atoms with van der Waals surface area (Å²) >= 11 is 0. The summed E-state index contributed by atoms with van der Waals surface area (Å²) < 4.78 is 5.24. The minimum atomic E-state index is -0.0544. The maximum absolute atomic E-state index is 8.86. The van der Waals surface area contributed by atoms with Gasteiger partial charge in [0.1, 0.15) is 12.3 Å². The number of hydrogen-bond donors (Lipinski definition) is 1. The van der Waals surface area contributed by atoms with Crippen LogP contribution in [-0.4, -0.2) is 29.1 Å². The lowest BCUT2D eigenvalue weighted by atomic mass is 10.3. The molecule has 0 bridgehead atoms. The number of ether oxygens (including phenoxy) is 1. The molecule has 0 saturated carbocycles. The van der Waals surface area contributed by atoms with Crippen molar-refractivity contribution in [2.75, 3.05) is 13.2 Å². The van der Waals surface area contributed by atoms with Crippen molar-refractivity contribution in [3.63, 3.8) is 0 Å². The van der Waals surface area contributed by atoms with Gasteiger partial charge in [0.2, 0.25) is 5.90 Å². The molecule has 1 aromatic rings. The fraction of sp³-hybridized carbons (Fsp3) is 0.333. The fourth-order valence-electron chi connectivity index (χ4n) is 1.18. The fourth-order valence-corrected chi connectivity index (χ4v) is 1.18. The van der Waals surface area contributed by atoms with Crippen molar-refractivity contribution in [2.45, 2.75) is 6.61 Å². The number of pyridine rings is 1. The van der Waals surface area contributed by atoms with Gasteiger partial charge in [0.15, 0.2) is 0 Å². The number of hydrogen-bond acceptors (Lipinski definition) is 4. The van der Waals surface area contributed by atoms with Crippen LogP contribution in [0.25, 0.3) is 0 Å². The highest BCUT2D eigenvalue weighted by atomic mass is 16.5. The SMILES string of the molecule is OCc1cccc(C2=NCCO2)n1. The molecule has 1 N–H and O–H groups in total. The molecule has 2 heterocycles. The second-order valence-electron chi connectivity index (χ2n) is 2.71. The third-order valence-corrected chi connectivity index (χ3v) is 1.77. The Labute approximate surface area is 75.9 Å². The van der Waals surface area contributed by atoms with Gasteiger partial charge in [-0.05, 0) is 12.1 Å². The van der Waals surface area contributed by atoms with E-state index in [0.29, 0.717) is 30.4 Å². The van der Waals surface area contributed by atoms with E-state index < -0.39 is 0 Å². The van der Waals surface area contributed by atoms with E-state index >= 15 is 0 Å². The smallest absolute Gasteiger partial charge is 0.235 e. The number of rotatable bonds is 2. The van der Waals surface area contributed by atoms with Gasteiger partial charge in [-0.25, -0.2) is 9.98 Å². The van der Waals surface area contributed by atoms with Gasteiger partial charge in [0, 0.05) is 0 Å². The van der Waals surface area contributed by atoms with Crippen molar-refractivity contribution in [3.05, 3.63) is 29.6 Å². The highest BCUT2D eigenvalue weighted by molar-refractivity contribution is 5.92. The zero-order chi connectivity index (χ0) is 9.10. The molecule has 0 aliphatic carbocycles. The zero-order valence-electron chi connectivity index (χ0n) is 7.10. The minimum absolute atomic E-state index is 0.0544. The summed E-state index contributed by atoms with van der Waals surface area (Å²) in [5, 5.41) is 8.86. The Morgan fingerprint density at radius 2 is 2.38 bits per heavy atom. The van der Waals surface area contributed by atoms with Gasteiger partial charge < -0.3 is 9.84 Å². The first-order chi connectivity index (χ1) is 6.40. The van der Waals surface area contributed by atoms with Crippen LogP contribution in [0.4, 0.5) is 0 Å². The second-order valence-corrected chi connectivity index (χ2v) is 2.71. The summed E-state index contributed by atoms with van der Waals surface area (Å²) in [4.78, 5) is 8.30. The Bertz CT molecular complexity index is 336. The maximum Gasteiger partial charge on any atom is 0.235 e. The van der Waals surface area contributed by atoms with E-state index in [2.05, 4.69) is 9.98 Å². The molecule has 0 radical (unpaired) electrons. The molecular formula is C9H10N2O2. The lowest BCUT2D eigenvalue weighted by Crippen LogP contribution is -2.05. The van der Waals surface area contributed by atoms with Crippen LogP contribution in [0.3, 0.4) is 0 Å². The lowest BCUT2D eigenvalue weighted by molar-refractivity contribution is 0.276. The molecule has 0 fully saturated rings. The zero-order valence-corrected chi connectivity index (χ0v) is 7.10. The Morgan fingerprint density at radius 1 is 1.46 bits per heavy atom. The molecule has 4 nitrogen and oxygen atoms in total. The van der Waals surface area contributed by atoms with Crippen molar-refractivity contribution in [1.82, 2.24) is 4.98 Å². The molecule has 4 heteroatoms. The first kappa shape index (κ1) is 8.19. The van der Waals surface area contributed by atoms with E-state index in [0.717, 1.165) is 0 Å². The molecule has 0 aromatic carbocycles. The Kier molecular flexibility index (Phi) is 2.23. The van der Waals surface area contributed by atoms with Crippen LogP contribution in [0.5, 0.6) is 0 Å². The number of nitrogens with zero attached hydrogens (tertiary/aromatic N) is 2. The van der Waals surface area contributed by atoms with E-state index in [1.807, 2.05) is 12.1 Å². The Balaban J connectivity index is 2.29. The molecule has 1 aliphatic heterocycles. The van der Waals surface area contributed by atoms with E-state index in [-0.39, 0.29) is 6.61 Å². The highest BCUT2D eigenvalue weighted by Crippen LogP contribution is 2.06. The summed E-state index contributed by atoms with van der Waals surface area (Å²) in [6.45, 7) is 1.27. The summed E-state index contributed by atoms with van der Waals surface area (Å²) in [5.41, 5.74) is 1.33. The van der Waals surface area contributed by atoms with Gasteiger partial charge in [-0.1, -0.05) is 6.07 Å². The van der Waals surface area contributed by atoms with Crippen LogP contribution < -0.4 is 0 Å². The molecule has 0 atom stereocenters. The van der Waals surface area contributed by atoms with Crippen LogP contribution in [0, 0.1) is 0 Å². The number of aliphatic hydroxyl groups is 1. The van der Waals surface area contributed by atoms with Crippen LogP contribution in [-0.2, 0) is 11.3 Å². The van der Waals surface area contributed by atoms with E-state index in [1.54, 1.807) is 6.07 Å². The van der Waals surface area contributed by atoms with Crippen LogP contribution in [0.2, 0.25) is 0 Å². The maximum atomic E-state index is 8.86. The summed E-state index contributed by atoms with van der Waals surface area (Å²) in [6.07, 6.45) is 0. The van der Waals surface area contributed by atoms with Gasteiger partial charge in [-0.15, -0.1) is 0 Å². The van der Waals surface area contributed by atoms with Crippen molar-refractivity contribution in [3.8, 4) is 0 Å². The van der Waals surface area contributed by atoms with Gasteiger partial charge in [0.25, 0.3) is 0 Å². The molecule has 0 amide bonds. The molecule has 13 heavy (non-hydrogen) atoms. The van der Waals surface area contributed by atoms with Crippen LogP contribution >= 0.6 is 0 Å². The lowest BCUT2D eigenvalue weighted by Gasteiger charge is -2.01. The average molecular weight is 178 g/mol. The predicted molar refractivity (Wildman–Crippen MR) is 47.5 cm³/mol. The van der Waals surface area contributed by atoms with Crippen molar-refractivity contribution >= 4 is 5.90 Å². The van der Waals surface area contributed by atoms with E-state index in [1.165, 1.54) is 0 Å². The largest absolute Gasteiger partial charge is 0.474 e. The molecule has 1 aromatic heterocycles. The monoisotopic (exact) mass is 178 g/mol. The van der Waals surface area contributed by atoms with Crippen LogP contribution in [0.15, 0.2) is 23.2 Å². The third-order valence-electron chi connectivity index (χ3n) is 1.77. The minimum Gasteiger partial charge on any atom is -0.474 e. The van der Waals surface area contributed by atoms with E-state index in [9.17, 15) is 0 Å². The molecule has 1 aliphatic rings. The normalized spacial score (nSPS) is 15.3. The van der Waals surface area contributed by atoms with Crippen molar-refractivity contribution in [2.24, 2.45) is 4.99 Å². The Hall–Kier alpha value is -1.42. The topological polar surface area (TPSA) is 54.7 Å². The molecule has 68 valence electrons. The summed E-state index contributed by atoms with van der Waals surface area (Å²) in [7, 11) is 0. The standard InChI is InChI=1S/C9H10N2O2/c12-6-7-2-1-3-8(11-7)9-10-4-5-13-9/h1-3,12H,4-6H2. The second kappa shape index (κ2) is 3.53. The first-order valence-corrected chi connectivity index (χ1v) is 4.14. The number of aliphatic imine (C=N–C) groups is 1. The average Bonchev–Trinajstić information content (AvgIpc) is 2.71. The van der Waals surface area contributed by atoms with Crippen LogP contribution in [0.1, 0.15) is 11.4 Å². The highest BCUT2D eigenvalue weighted by Gasteiger charge is 2.11. The molecule has 0 unspecified atom stereocenters. The van der Waals surface area contributed by atoms with Gasteiger partial charge in [-0.2, -0.15) is 0 Å². The first-order valence-electron chi connectivity index (χ1n) is 4.14. The third kappa shape index (κ3) is 1.67. The van der Waals surface area contributed by atoms with E-state index in [4.69, 9.17) is 9.84 Å². The predicted octanol–water partition coefficient (Wildman–Crippen LogP) is 0.351. The molecule has 0 spiro atoms. The van der Waals surface area contributed by atoms with Gasteiger partial charge >= 0.3 is 0 Å². The van der Waals surface area contributed by atoms with Gasteiger partial charge in [-0.3, -0.25) is 0 Å². The molecular weight excluding hydrogens is 168 g/mol. The van der Waals surface area contributed by atoms with Gasteiger partial charge in [0.05, 0.1) is 18.8 Å². The van der Waals surface area contributed by atoms with Crippen molar-refractivity contribution in [1.29, 1.82) is 0 Å². The molecule has 2 rings (SSSR count). The number of aliphatic hydroxyl groups excluding tert-OH is 1. The summed E-state index contributed by atoms with van der Waals surface area (Å²) in [5.74, 6) is 0.579. The summed E-state index contributed by atoms with van der Waals surface area (Å²) in [6, 6.07) is 5.42. The Morgan fingerprint density at radius 3 is 3.08 bits per heavy atom. The number of aromatic nitrogens is 1. The van der Waals surface area contributed by atoms with Crippen molar-refractivity contribution < 1.29 is 9.84 Å². The molecule has 0 saturated heterocycles.